The lowest BCUT2D eigenvalue weighted by Crippen LogP contribution is -2.14. The van der Waals surface area contributed by atoms with E-state index in [4.69, 9.17) is 4.74 Å². The molecule has 2 aromatic rings. The van der Waals surface area contributed by atoms with Crippen molar-refractivity contribution in [2.24, 2.45) is 0 Å². The van der Waals surface area contributed by atoms with E-state index in [1.807, 2.05) is 6.07 Å². The number of halogens is 1. The molecule has 116 valence electrons. The predicted octanol–water partition coefficient (Wildman–Crippen LogP) is 4.86. The topological polar surface area (TPSA) is 21.3 Å². The van der Waals surface area contributed by atoms with Gasteiger partial charge in [0.25, 0.3) is 0 Å². The number of ether oxygens (including phenoxy) is 1. The van der Waals surface area contributed by atoms with E-state index in [0.717, 1.165) is 54.6 Å². The highest BCUT2D eigenvalue weighted by Crippen LogP contribution is 2.33. The quantitative estimate of drug-likeness (QED) is 0.668. The van der Waals surface area contributed by atoms with Gasteiger partial charge in [-0.2, -0.15) is 0 Å². The lowest BCUT2D eigenvalue weighted by Gasteiger charge is -2.07. The second kappa shape index (κ2) is 8.47. The first kappa shape index (κ1) is 16.4. The lowest BCUT2D eigenvalue weighted by atomic mass is 10.1. The maximum atomic E-state index is 14.2. The van der Waals surface area contributed by atoms with E-state index < -0.39 is 0 Å². The van der Waals surface area contributed by atoms with Crippen molar-refractivity contribution in [2.75, 3.05) is 13.2 Å². The zero-order valence-corrected chi connectivity index (χ0v) is 13.7. The summed E-state index contributed by atoms with van der Waals surface area (Å²) in [5, 5.41) is 4.15. The molecule has 0 aliphatic carbocycles. The molecule has 0 amide bonds. The molecule has 0 fully saturated rings. The van der Waals surface area contributed by atoms with Gasteiger partial charge in [-0.3, -0.25) is 0 Å². The summed E-state index contributed by atoms with van der Waals surface area (Å²) >= 11 is 1.67. The fourth-order valence-corrected chi connectivity index (χ4v) is 3.50. The van der Waals surface area contributed by atoms with E-state index in [0.29, 0.717) is 6.61 Å². The Bertz CT molecular complexity index is 567. The van der Waals surface area contributed by atoms with E-state index in [-0.39, 0.29) is 5.82 Å². The lowest BCUT2D eigenvalue weighted by molar-refractivity contribution is 0.118. The Kier molecular flexibility index (Phi) is 6.61. The molecule has 0 saturated heterocycles. The van der Waals surface area contributed by atoms with Crippen LogP contribution >= 0.6 is 11.3 Å². The zero-order valence-electron chi connectivity index (χ0n) is 12.9. The molecule has 2 nitrogen and oxygen atoms in total. The Hall–Kier alpha value is -0.970. The molecule has 2 rings (SSSR count). The van der Waals surface area contributed by atoms with E-state index >= 15 is 0 Å². The van der Waals surface area contributed by atoms with Gasteiger partial charge in [-0.25, -0.2) is 4.39 Å². The maximum Gasteiger partial charge on any atom is 0.132 e. The van der Waals surface area contributed by atoms with Crippen LogP contribution in [0.15, 0.2) is 18.2 Å². The van der Waals surface area contributed by atoms with Crippen molar-refractivity contribution in [1.29, 1.82) is 0 Å². The number of benzene rings is 1. The molecule has 0 bridgehead atoms. The van der Waals surface area contributed by atoms with Crippen LogP contribution < -0.4 is 5.32 Å². The number of nitrogens with one attached hydrogen (secondary N) is 1. The molecule has 0 unspecified atom stereocenters. The van der Waals surface area contributed by atoms with Crippen molar-refractivity contribution < 1.29 is 9.13 Å². The third kappa shape index (κ3) is 4.25. The summed E-state index contributed by atoms with van der Waals surface area (Å²) in [7, 11) is 0. The van der Waals surface area contributed by atoms with Crippen molar-refractivity contribution in [3.8, 4) is 0 Å². The summed E-state index contributed by atoms with van der Waals surface area (Å²) in [4.78, 5) is 1.19. The summed E-state index contributed by atoms with van der Waals surface area (Å²) in [6, 6.07) is 5.30. The van der Waals surface area contributed by atoms with Crippen LogP contribution in [0.4, 0.5) is 4.39 Å². The van der Waals surface area contributed by atoms with Crippen LogP contribution in [-0.4, -0.2) is 13.2 Å². The van der Waals surface area contributed by atoms with Gasteiger partial charge in [-0.05, 0) is 31.5 Å². The van der Waals surface area contributed by atoms with E-state index in [9.17, 15) is 4.39 Å². The number of hydrogen-bond donors (Lipinski definition) is 1. The van der Waals surface area contributed by atoms with Crippen LogP contribution in [0.3, 0.4) is 0 Å². The third-order valence-electron chi connectivity index (χ3n) is 3.45. The van der Waals surface area contributed by atoms with Gasteiger partial charge < -0.3 is 10.1 Å². The van der Waals surface area contributed by atoms with Crippen molar-refractivity contribution >= 4 is 21.4 Å². The van der Waals surface area contributed by atoms with Gasteiger partial charge in [0.15, 0.2) is 0 Å². The first-order valence-electron chi connectivity index (χ1n) is 7.75. The molecule has 0 radical (unpaired) electrons. The van der Waals surface area contributed by atoms with Gasteiger partial charge in [0.05, 0.1) is 6.61 Å². The number of rotatable bonds is 9. The average molecular weight is 309 g/mol. The first-order chi connectivity index (χ1) is 10.3. The summed E-state index contributed by atoms with van der Waals surface area (Å²) in [5.41, 5.74) is 1.02. The molecule has 4 heteroatoms. The van der Waals surface area contributed by atoms with Crippen LogP contribution in [0.5, 0.6) is 0 Å². The molecule has 0 aliphatic rings. The largest absolute Gasteiger partial charge is 0.377 e. The molecule has 21 heavy (non-hydrogen) atoms. The molecule has 0 spiro atoms. The molecule has 1 N–H and O–H groups in total. The molecule has 1 aromatic carbocycles. The SMILES string of the molecule is CCCCOCc1c(CNCCC)sc2cccc(F)c12. The molecular weight excluding hydrogens is 285 g/mol. The van der Waals surface area contributed by atoms with E-state index in [1.54, 1.807) is 17.4 Å². The molecule has 0 saturated carbocycles. The molecule has 1 heterocycles. The summed E-state index contributed by atoms with van der Waals surface area (Å²) in [6.45, 7) is 7.30. The van der Waals surface area contributed by atoms with Crippen LogP contribution in [0.25, 0.3) is 10.1 Å². The van der Waals surface area contributed by atoms with Gasteiger partial charge in [0, 0.05) is 33.7 Å². The minimum Gasteiger partial charge on any atom is -0.377 e. The molecule has 0 atom stereocenters. The Balaban J connectivity index is 2.21. The first-order valence-corrected chi connectivity index (χ1v) is 8.56. The Morgan fingerprint density at radius 2 is 2.10 bits per heavy atom. The van der Waals surface area contributed by atoms with Crippen LogP contribution in [0.2, 0.25) is 0 Å². The molecule has 0 aliphatic heterocycles. The smallest absolute Gasteiger partial charge is 0.132 e. The highest BCUT2D eigenvalue weighted by atomic mass is 32.1. The normalized spacial score (nSPS) is 11.4. The van der Waals surface area contributed by atoms with Gasteiger partial charge >= 0.3 is 0 Å². The van der Waals surface area contributed by atoms with Crippen LogP contribution in [0, 0.1) is 5.82 Å². The van der Waals surface area contributed by atoms with Crippen molar-refractivity contribution in [3.63, 3.8) is 0 Å². The molecule has 1 aromatic heterocycles. The summed E-state index contributed by atoms with van der Waals surface area (Å²) in [5.74, 6) is -0.139. The average Bonchev–Trinajstić information content (AvgIpc) is 2.83. The fraction of sp³-hybridized carbons (Fsp3) is 0.529. The van der Waals surface area contributed by atoms with Gasteiger partial charge in [-0.15, -0.1) is 11.3 Å². The third-order valence-corrected chi connectivity index (χ3v) is 4.65. The van der Waals surface area contributed by atoms with Crippen molar-refractivity contribution in [2.45, 2.75) is 46.3 Å². The zero-order chi connectivity index (χ0) is 15.1. The van der Waals surface area contributed by atoms with Crippen LogP contribution in [-0.2, 0) is 17.9 Å². The molecular formula is C17H24FNOS. The van der Waals surface area contributed by atoms with Crippen molar-refractivity contribution in [3.05, 3.63) is 34.5 Å². The van der Waals surface area contributed by atoms with E-state index in [1.165, 1.54) is 10.9 Å². The monoisotopic (exact) mass is 309 g/mol. The van der Waals surface area contributed by atoms with Gasteiger partial charge in [-0.1, -0.05) is 26.3 Å². The maximum absolute atomic E-state index is 14.2. The Labute approximate surface area is 130 Å². The number of unbranched alkanes of at least 4 members (excludes halogenated alkanes) is 1. The Morgan fingerprint density at radius 3 is 2.86 bits per heavy atom. The Morgan fingerprint density at radius 1 is 1.24 bits per heavy atom. The number of thiophene rings is 1. The summed E-state index contributed by atoms with van der Waals surface area (Å²) in [6.07, 6.45) is 3.26. The minimum atomic E-state index is -0.139. The standard InChI is InChI=1S/C17H24FNOS/c1-3-5-10-20-12-13-16(11-19-9-4-2)21-15-8-6-7-14(18)17(13)15/h6-8,19H,3-5,9-12H2,1-2H3. The second-order valence-electron chi connectivity index (χ2n) is 5.20. The summed E-state index contributed by atoms with van der Waals surface area (Å²) < 4.78 is 20.9. The minimum absolute atomic E-state index is 0.139. The second-order valence-corrected chi connectivity index (χ2v) is 6.34. The van der Waals surface area contributed by atoms with Gasteiger partial charge in [0.2, 0.25) is 0 Å². The number of fused-ring (bicyclic) bond motifs is 1. The van der Waals surface area contributed by atoms with E-state index in [2.05, 4.69) is 19.2 Å². The van der Waals surface area contributed by atoms with Crippen molar-refractivity contribution in [1.82, 2.24) is 5.32 Å². The fourth-order valence-electron chi connectivity index (χ4n) is 2.31. The van der Waals surface area contributed by atoms with Gasteiger partial charge in [0.1, 0.15) is 5.82 Å². The highest BCUT2D eigenvalue weighted by Gasteiger charge is 2.15. The number of hydrogen-bond acceptors (Lipinski definition) is 3. The highest BCUT2D eigenvalue weighted by molar-refractivity contribution is 7.19. The predicted molar refractivity (Wildman–Crippen MR) is 88.3 cm³/mol. The van der Waals surface area contributed by atoms with Crippen LogP contribution in [0.1, 0.15) is 43.6 Å².